The van der Waals surface area contributed by atoms with E-state index in [1.807, 2.05) is 0 Å². The molecule has 0 aliphatic rings. The number of carbonyl (C=O) groups excluding carboxylic acids is 2. The second-order valence-electron chi connectivity index (χ2n) is 3.81. The molecule has 1 aromatic rings. The van der Waals surface area contributed by atoms with Crippen molar-refractivity contribution < 1.29 is 27.5 Å². The smallest absolute Gasteiger partial charge is 0.446 e. The molecule has 0 unspecified atom stereocenters. The van der Waals surface area contributed by atoms with Gasteiger partial charge < -0.3 is 4.74 Å². The summed E-state index contributed by atoms with van der Waals surface area (Å²) >= 11 is -0.416. The van der Waals surface area contributed by atoms with Gasteiger partial charge in [-0.2, -0.15) is 18.4 Å². The third-order valence-corrected chi connectivity index (χ3v) is 3.04. The number of halogens is 3. The second kappa shape index (κ2) is 7.13. The molecule has 0 aliphatic carbocycles. The Labute approximate surface area is 122 Å². The number of benzene rings is 1. The molecule has 0 amide bonds. The number of ether oxygens (including phenoxy) is 1. The maximum Gasteiger partial charge on any atom is 0.446 e. The molecule has 0 N–H and O–H groups in total. The van der Waals surface area contributed by atoms with Crippen LogP contribution in [0.4, 0.5) is 13.2 Å². The van der Waals surface area contributed by atoms with Crippen LogP contribution in [-0.2, 0) is 16.0 Å². The summed E-state index contributed by atoms with van der Waals surface area (Å²) in [6.45, 7) is 1.69. The highest BCUT2D eigenvalue weighted by Gasteiger charge is 2.30. The molecule has 1 rings (SSSR count). The molecule has 112 valence electrons. The first kappa shape index (κ1) is 17.0. The van der Waals surface area contributed by atoms with Crippen LogP contribution in [0.5, 0.6) is 0 Å². The normalized spacial score (nSPS) is 10.8. The average molecular weight is 317 g/mol. The van der Waals surface area contributed by atoms with Crippen molar-refractivity contribution in [2.75, 3.05) is 6.61 Å². The summed E-state index contributed by atoms with van der Waals surface area (Å²) in [4.78, 5) is 22.1. The van der Waals surface area contributed by atoms with Crippen LogP contribution in [0, 0.1) is 11.3 Å². The lowest BCUT2D eigenvalue weighted by Crippen LogP contribution is -2.10. The molecule has 0 heterocycles. The summed E-state index contributed by atoms with van der Waals surface area (Å²) in [5, 5.41) is 9.01. The molecular weight excluding hydrogens is 307 g/mol. The SMILES string of the molecule is CCOC(=O)Cc1cc(SC(F)(F)F)cc(C=O)c1C#N. The van der Waals surface area contributed by atoms with E-state index < -0.39 is 23.2 Å². The predicted octanol–water partition coefficient (Wildman–Crippen LogP) is 3.09. The maximum absolute atomic E-state index is 12.4. The van der Waals surface area contributed by atoms with Gasteiger partial charge in [-0.15, -0.1) is 0 Å². The van der Waals surface area contributed by atoms with Gasteiger partial charge in [0.15, 0.2) is 6.29 Å². The van der Waals surface area contributed by atoms with E-state index in [9.17, 15) is 22.8 Å². The summed E-state index contributed by atoms with van der Waals surface area (Å²) in [7, 11) is 0. The molecule has 0 saturated heterocycles. The van der Waals surface area contributed by atoms with Gasteiger partial charge in [-0.05, 0) is 36.4 Å². The fourth-order valence-corrected chi connectivity index (χ4v) is 2.28. The standard InChI is InChI=1S/C13H10F3NO3S/c1-2-20-12(19)5-8-3-10(21-13(14,15)16)4-9(7-18)11(8)6-17/h3-4,7H,2,5H2,1H3. The second-order valence-corrected chi connectivity index (χ2v) is 4.94. The van der Waals surface area contributed by atoms with Gasteiger partial charge in [-0.1, -0.05) is 0 Å². The molecule has 21 heavy (non-hydrogen) atoms. The van der Waals surface area contributed by atoms with Crippen LogP contribution in [0.15, 0.2) is 17.0 Å². The predicted molar refractivity (Wildman–Crippen MR) is 68.8 cm³/mol. The molecule has 0 bridgehead atoms. The van der Waals surface area contributed by atoms with Crippen LogP contribution in [0.3, 0.4) is 0 Å². The van der Waals surface area contributed by atoms with Crippen molar-refractivity contribution in [3.63, 3.8) is 0 Å². The van der Waals surface area contributed by atoms with Crippen molar-refractivity contribution in [1.29, 1.82) is 5.26 Å². The first-order chi connectivity index (χ1) is 9.80. The quantitative estimate of drug-likeness (QED) is 0.474. The van der Waals surface area contributed by atoms with Crippen molar-refractivity contribution in [1.82, 2.24) is 0 Å². The highest BCUT2D eigenvalue weighted by Crippen LogP contribution is 2.38. The topological polar surface area (TPSA) is 67.2 Å². The van der Waals surface area contributed by atoms with E-state index in [-0.39, 0.29) is 40.9 Å². The van der Waals surface area contributed by atoms with Crippen molar-refractivity contribution in [3.8, 4) is 6.07 Å². The summed E-state index contributed by atoms with van der Waals surface area (Å²) in [6.07, 6.45) is -0.0858. The molecule has 0 radical (unpaired) electrons. The minimum absolute atomic E-state index is 0.0345. The fourth-order valence-electron chi connectivity index (χ4n) is 1.63. The van der Waals surface area contributed by atoms with Gasteiger partial charge in [0.2, 0.25) is 0 Å². The van der Waals surface area contributed by atoms with E-state index in [2.05, 4.69) is 0 Å². The summed E-state index contributed by atoms with van der Waals surface area (Å²) in [5.74, 6) is -0.681. The lowest BCUT2D eigenvalue weighted by molar-refractivity contribution is -0.142. The van der Waals surface area contributed by atoms with Crippen LogP contribution in [0.25, 0.3) is 0 Å². The van der Waals surface area contributed by atoms with E-state index in [1.165, 1.54) is 0 Å². The van der Waals surface area contributed by atoms with Crippen molar-refractivity contribution in [2.24, 2.45) is 0 Å². The molecule has 4 nitrogen and oxygen atoms in total. The number of nitrogens with zero attached hydrogens (tertiary/aromatic N) is 1. The van der Waals surface area contributed by atoms with Gasteiger partial charge in [0.1, 0.15) is 6.07 Å². The van der Waals surface area contributed by atoms with Crippen molar-refractivity contribution in [3.05, 3.63) is 28.8 Å². The number of carbonyl (C=O) groups is 2. The maximum atomic E-state index is 12.4. The molecule has 0 aromatic heterocycles. The Morgan fingerprint density at radius 3 is 2.62 bits per heavy atom. The van der Waals surface area contributed by atoms with Crippen LogP contribution < -0.4 is 0 Å². The van der Waals surface area contributed by atoms with Crippen LogP contribution >= 0.6 is 11.8 Å². The summed E-state index contributed by atoms with van der Waals surface area (Å²) in [5.41, 5.74) is -4.81. The third kappa shape index (κ3) is 5.11. The number of aldehydes is 1. The zero-order valence-corrected chi connectivity index (χ0v) is 11.7. The Bertz CT molecular complexity index is 594. The zero-order chi connectivity index (χ0) is 16.0. The number of thioether (sulfide) groups is 1. The highest BCUT2D eigenvalue weighted by molar-refractivity contribution is 8.00. The fraction of sp³-hybridized carbons (Fsp3) is 0.308. The Morgan fingerprint density at radius 2 is 2.14 bits per heavy atom. The van der Waals surface area contributed by atoms with E-state index in [4.69, 9.17) is 10.00 Å². The minimum Gasteiger partial charge on any atom is -0.466 e. The number of rotatable bonds is 5. The number of esters is 1. The largest absolute Gasteiger partial charge is 0.466 e. The van der Waals surface area contributed by atoms with Gasteiger partial charge in [0.05, 0.1) is 18.6 Å². The first-order valence-corrected chi connectivity index (χ1v) is 6.56. The number of hydrogen-bond acceptors (Lipinski definition) is 5. The molecule has 0 atom stereocenters. The molecule has 0 saturated carbocycles. The zero-order valence-electron chi connectivity index (χ0n) is 10.9. The Morgan fingerprint density at radius 1 is 1.48 bits per heavy atom. The monoisotopic (exact) mass is 317 g/mol. The molecule has 0 fully saturated rings. The third-order valence-electron chi connectivity index (χ3n) is 2.34. The number of hydrogen-bond donors (Lipinski definition) is 0. The number of alkyl halides is 3. The molecule has 8 heteroatoms. The van der Waals surface area contributed by atoms with Crippen LogP contribution in [0.1, 0.15) is 28.4 Å². The Kier molecular flexibility index (Phi) is 5.79. The summed E-state index contributed by atoms with van der Waals surface area (Å²) in [6, 6.07) is 3.76. The molecule has 0 aliphatic heterocycles. The first-order valence-electron chi connectivity index (χ1n) is 5.74. The van der Waals surface area contributed by atoms with Crippen LogP contribution in [0.2, 0.25) is 0 Å². The van der Waals surface area contributed by atoms with Crippen molar-refractivity contribution in [2.45, 2.75) is 23.7 Å². The highest BCUT2D eigenvalue weighted by atomic mass is 32.2. The van der Waals surface area contributed by atoms with E-state index >= 15 is 0 Å². The van der Waals surface area contributed by atoms with E-state index in [1.54, 1.807) is 13.0 Å². The van der Waals surface area contributed by atoms with Gasteiger partial charge in [0.25, 0.3) is 0 Å². The van der Waals surface area contributed by atoms with Gasteiger partial charge >= 0.3 is 11.5 Å². The van der Waals surface area contributed by atoms with E-state index in [0.717, 1.165) is 12.1 Å². The summed E-state index contributed by atoms with van der Waals surface area (Å²) < 4.78 is 41.9. The van der Waals surface area contributed by atoms with Crippen molar-refractivity contribution >= 4 is 24.0 Å². The Hall–Kier alpha value is -2.01. The van der Waals surface area contributed by atoms with Crippen LogP contribution in [-0.4, -0.2) is 24.4 Å². The lowest BCUT2D eigenvalue weighted by Gasteiger charge is -2.11. The van der Waals surface area contributed by atoms with Gasteiger partial charge in [0, 0.05) is 10.5 Å². The Balaban J connectivity index is 3.25. The van der Waals surface area contributed by atoms with E-state index in [0.29, 0.717) is 0 Å². The molecule has 1 aromatic carbocycles. The molecule has 0 spiro atoms. The van der Waals surface area contributed by atoms with Gasteiger partial charge in [-0.25, -0.2) is 0 Å². The average Bonchev–Trinajstić information content (AvgIpc) is 2.36. The minimum atomic E-state index is -4.53. The lowest BCUT2D eigenvalue weighted by atomic mass is 10.0. The number of nitriles is 1. The molecular formula is C13H10F3NO3S. The van der Waals surface area contributed by atoms with Gasteiger partial charge in [-0.3, -0.25) is 9.59 Å².